The molecule has 0 saturated heterocycles. The van der Waals surface area contributed by atoms with E-state index in [0.717, 1.165) is 5.56 Å². The molecule has 0 fully saturated rings. The van der Waals surface area contributed by atoms with Crippen LogP contribution in [0.1, 0.15) is 12.0 Å². The Kier molecular flexibility index (Phi) is 8.02. The summed E-state index contributed by atoms with van der Waals surface area (Å²) in [5.41, 5.74) is 6.75. The first-order chi connectivity index (χ1) is 10.9. The fourth-order valence-corrected chi connectivity index (χ4v) is 2.33. The van der Waals surface area contributed by atoms with E-state index in [1.165, 1.54) is 19.1 Å². The van der Waals surface area contributed by atoms with Gasteiger partial charge in [-0.3, -0.25) is 9.59 Å². The normalized spacial score (nSPS) is 13.3. The number of hydrogen-bond donors (Lipinski definition) is 1. The maximum absolute atomic E-state index is 12.3. The largest absolute Gasteiger partial charge is 0.469 e. The summed E-state index contributed by atoms with van der Waals surface area (Å²) in [6.45, 7) is 0.120. The molecule has 0 saturated carbocycles. The number of halogens is 1. The Bertz CT molecular complexity index is 521. The lowest BCUT2D eigenvalue weighted by Crippen LogP contribution is -2.49. The highest BCUT2D eigenvalue weighted by Gasteiger charge is 2.27. The maximum atomic E-state index is 12.3. The van der Waals surface area contributed by atoms with Crippen LogP contribution in [0.2, 0.25) is 5.02 Å². The standard InChI is InChI=1S/C16H23ClN2O4/c1-19(16(21)14(18)10-22-2)13(9-15(20)23-3)8-11-4-6-12(17)7-5-11/h4-7,13-14H,8-10,18H2,1-3H3/t13-,14-/m0/s1. The van der Waals surface area contributed by atoms with Gasteiger partial charge in [-0.05, 0) is 24.1 Å². The van der Waals surface area contributed by atoms with Gasteiger partial charge in [-0.1, -0.05) is 23.7 Å². The van der Waals surface area contributed by atoms with Gasteiger partial charge in [0.15, 0.2) is 0 Å². The number of carbonyl (C=O) groups is 2. The summed E-state index contributed by atoms with van der Waals surface area (Å²) < 4.78 is 9.63. The molecule has 128 valence electrons. The number of esters is 1. The summed E-state index contributed by atoms with van der Waals surface area (Å²) in [6, 6.07) is 6.13. The molecule has 0 aromatic heterocycles. The first kappa shape index (κ1) is 19.4. The summed E-state index contributed by atoms with van der Waals surface area (Å²) in [4.78, 5) is 25.5. The third kappa shape index (κ3) is 6.17. The first-order valence-corrected chi connectivity index (χ1v) is 7.59. The summed E-state index contributed by atoms with van der Waals surface area (Å²) >= 11 is 5.88. The minimum atomic E-state index is -0.768. The summed E-state index contributed by atoms with van der Waals surface area (Å²) in [7, 11) is 4.42. The third-order valence-electron chi connectivity index (χ3n) is 3.57. The van der Waals surface area contributed by atoms with Crippen LogP contribution < -0.4 is 5.73 Å². The van der Waals surface area contributed by atoms with Crippen molar-refractivity contribution in [2.24, 2.45) is 5.73 Å². The van der Waals surface area contributed by atoms with Crippen molar-refractivity contribution in [2.45, 2.75) is 24.9 Å². The lowest BCUT2D eigenvalue weighted by Gasteiger charge is -2.29. The molecule has 0 bridgehead atoms. The van der Waals surface area contributed by atoms with Crippen LogP contribution in [0, 0.1) is 0 Å². The van der Waals surface area contributed by atoms with Gasteiger partial charge >= 0.3 is 5.97 Å². The van der Waals surface area contributed by atoms with Crippen LogP contribution >= 0.6 is 11.6 Å². The molecule has 2 N–H and O–H groups in total. The lowest BCUT2D eigenvalue weighted by atomic mass is 10.0. The van der Waals surface area contributed by atoms with Gasteiger partial charge in [0.1, 0.15) is 6.04 Å². The summed E-state index contributed by atoms with van der Waals surface area (Å²) in [5, 5.41) is 0.629. The van der Waals surface area contributed by atoms with Crippen LogP contribution in [0.5, 0.6) is 0 Å². The zero-order valence-electron chi connectivity index (χ0n) is 13.6. The SMILES string of the molecule is COC[C@H](N)C(=O)N(C)[C@H](CC(=O)OC)Cc1ccc(Cl)cc1. The number of ether oxygens (including phenoxy) is 2. The fraction of sp³-hybridized carbons (Fsp3) is 0.500. The van der Waals surface area contributed by atoms with E-state index in [9.17, 15) is 9.59 Å². The molecule has 1 rings (SSSR count). The molecule has 0 aliphatic carbocycles. The van der Waals surface area contributed by atoms with Crippen molar-refractivity contribution < 1.29 is 19.1 Å². The predicted molar refractivity (Wildman–Crippen MR) is 88.2 cm³/mol. The Morgan fingerprint density at radius 1 is 1.26 bits per heavy atom. The van der Waals surface area contributed by atoms with Crippen LogP contribution in [0.15, 0.2) is 24.3 Å². The Balaban J connectivity index is 2.88. The van der Waals surface area contributed by atoms with Gasteiger partial charge in [-0.25, -0.2) is 0 Å². The average Bonchev–Trinajstić information content (AvgIpc) is 2.54. The highest BCUT2D eigenvalue weighted by molar-refractivity contribution is 6.30. The molecule has 0 spiro atoms. The monoisotopic (exact) mass is 342 g/mol. The molecule has 0 aliphatic rings. The number of nitrogens with zero attached hydrogens (tertiary/aromatic N) is 1. The first-order valence-electron chi connectivity index (χ1n) is 7.21. The van der Waals surface area contributed by atoms with E-state index in [1.54, 1.807) is 19.2 Å². The summed E-state index contributed by atoms with van der Waals surface area (Å²) in [6.07, 6.45) is 0.579. The molecule has 0 radical (unpaired) electrons. The highest BCUT2D eigenvalue weighted by atomic mass is 35.5. The number of likely N-dealkylation sites (N-methyl/N-ethyl adjacent to an activating group) is 1. The van der Waals surface area contributed by atoms with Crippen molar-refractivity contribution in [3.8, 4) is 0 Å². The average molecular weight is 343 g/mol. The molecular weight excluding hydrogens is 320 g/mol. The smallest absolute Gasteiger partial charge is 0.307 e. The van der Waals surface area contributed by atoms with Crippen LogP contribution in [0.25, 0.3) is 0 Å². The Labute approximate surface area is 141 Å². The zero-order chi connectivity index (χ0) is 17.4. The predicted octanol–water partition coefficient (Wildman–Crippen LogP) is 1.25. The highest BCUT2D eigenvalue weighted by Crippen LogP contribution is 2.16. The van der Waals surface area contributed by atoms with Gasteiger partial charge in [0, 0.05) is 25.2 Å². The van der Waals surface area contributed by atoms with Gasteiger partial charge < -0.3 is 20.1 Å². The van der Waals surface area contributed by atoms with Gasteiger partial charge in [0.05, 0.1) is 20.1 Å². The van der Waals surface area contributed by atoms with Crippen LogP contribution in [0.3, 0.4) is 0 Å². The van der Waals surface area contributed by atoms with E-state index in [4.69, 9.17) is 26.8 Å². The molecule has 0 unspecified atom stereocenters. The Morgan fingerprint density at radius 3 is 2.39 bits per heavy atom. The van der Waals surface area contributed by atoms with E-state index in [0.29, 0.717) is 11.4 Å². The molecule has 6 nitrogen and oxygen atoms in total. The lowest BCUT2D eigenvalue weighted by molar-refractivity contribution is -0.143. The van der Waals surface area contributed by atoms with Crippen LogP contribution in [-0.4, -0.2) is 56.7 Å². The van der Waals surface area contributed by atoms with Gasteiger partial charge in [0.25, 0.3) is 0 Å². The van der Waals surface area contributed by atoms with E-state index in [-0.39, 0.29) is 30.9 Å². The number of amides is 1. The Hall–Kier alpha value is -1.63. The number of methoxy groups -OCH3 is 2. The zero-order valence-corrected chi connectivity index (χ0v) is 14.4. The molecule has 2 atom stereocenters. The van der Waals surface area contributed by atoms with Gasteiger partial charge in [-0.15, -0.1) is 0 Å². The Morgan fingerprint density at radius 2 is 1.87 bits per heavy atom. The molecule has 7 heteroatoms. The van der Waals surface area contributed by atoms with Crippen molar-refractivity contribution >= 4 is 23.5 Å². The fourth-order valence-electron chi connectivity index (χ4n) is 2.21. The molecular formula is C16H23ClN2O4. The maximum Gasteiger partial charge on any atom is 0.307 e. The van der Waals surface area contributed by atoms with Crippen LogP contribution in [0.4, 0.5) is 0 Å². The number of benzene rings is 1. The van der Waals surface area contributed by atoms with E-state index in [2.05, 4.69) is 0 Å². The minimum Gasteiger partial charge on any atom is -0.469 e. The third-order valence-corrected chi connectivity index (χ3v) is 3.83. The molecule has 1 amide bonds. The second-order valence-electron chi connectivity index (χ2n) is 5.28. The molecule has 1 aromatic rings. The number of carbonyl (C=O) groups excluding carboxylic acids is 2. The van der Waals surface area contributed by atoms with Crippen molar-refractivity contribution in [3.63, 3.8) is 0 Å². The van der Waals surface area contributed by atoms with Gasteiger partial charge in [0.2, 0.25) is 5.91 Å². The second kappa shape index (κ2) is 9.50. The topological polar surface area (TPSA) is 81.9 Å². The number of nitrogens with two attached hydrogens (primary N) is 1. The minimum absolute atomic E-state index is 0.0844. The van der Waals surface area contributed by atoms with Crippen molar-refractivity contribution in [3.05, 3.63) is 34.9 Å². The van der Waals surface area contributed by atoms with Crippen molar-refractivity contribution in [1.29, 1.82) is 0 Å². The molecule has 0 heterocycles. The number of hydrogen-bond acceptors (Lipinski definition) is 5. The van der Waals surface area contributed by atoms with E-state index in [1.807, 2.05) is 12.1 Å². The van der Waals surface area contributed by atoms with Gasteiger partial charge in [-0.2, -0.15) is 0 Å². The molecule has 1 aromatic carbocycles. The van der Waals surface area contributed by atoms with Crippen LogP contribution in [-0.2, 0) is 25.5 Å². The molecule has 23 heavy (non-hydrogen) atoms. The van der Waals surface area contributed by atoms with Crippen molar-refractivity contribution in [2.75, 3.05) is 27.9 Å². The second-order valence-corrected chi connectivity index (χ2v) is 5.71. The number of rotatable bonds is 8. The van der Waals surface area contributed by atoms with Crippen molar-refractivity contribution in [1.82, 2.24) is 4.90 Å². The van der Waals surface area contributed by atoms with E-state index < -0.39 is 6.04 Å². The molecule has 0 aliphatic heterocycles. The quantitative estimate of drug-likeness (QED) is 0.719. The van der Waals surface area contributed by atoms with E-state index >= 15 is 0 Å². The summed E-state index contributed by atoms with van der Waals surface area (Å²) in [5.74, 6) is -0.668.